The summed E-state index contributed by atoms with van der Waals surface area (Å²) >= 11 is 0. The Kier molecular flexibility index (Phi) is 7.55. The molecule has 0 amide bonds. The lowest BCUT2D eigenvalue weighted by Crippen LogP contribution is -2.39. The molecule has 0 aliphatic heterocycles. The van der Waals surface area contributed by atoms with E-state index < -0.39 is 0 Å². The first-order valence-electron chi connectivity index (χ1n) is 7.58. The fourth-order valence-electron chi connectivity index (χ4n) is 2.24. The smallest absolute Gasteiger partial charge is 0.213 e. The maximum atomic E-state index is 5.72. The maximum absolute atomic E-state index is 5.72. The van der Waals surface area contributed by atoms with Crippen LogP contribution >= 0.6 is 0 Å². The molecule has 0 radical (unpaired) electrons. The monoisotopic (exact) mass is 279 g/mol. The molecule has 0 saturated heterocycles. The van der Waals surface area contributed by atoms with Crippen molar-refractivity contribution in [2.75, 3.05) is 19.7 Å². The van der Waals surface area contributed by atoms with E-state index in [2.05, 4.69) is 55.9 Å². The van der Waals surface area contributed by atoms with Gasteiger partial charge in [-0.25, -0.2) is 4.98 Å². The predicted octanol–water partition coefficient (Wildman–Crippen LogP) is 2.69. The van der Waals surface area contributed by atoms with Crippen molar-refractivity contribution < 1.29 is 4.74 Å². The van der Waals surface area contributed by atoms with Gasteiger partial charge in [0.05, 0.1) is 0 Å². The summed E-state index contributed by atoms with van der Waals surface area (Å²) in [6.45, 7) is 14.4. The van der Waals surface area contributed by atoms with E-state index in [0.29, 0.717) is 24.6 Å². The molecule has 114 valence electrons. The molecule has 0 atom stereocenters. The maximum Gasteiger partial charge on any atom is 0.213 e. The second-order valence-corrected chi connectivity index (χ2v) is 5.56. The summed E-state index contributed by atoms with van der Waals surface area (Å²) in [4.78, 5) is 6.75. The van der Waals surface area contributed by atoms with Crippen LogP contribution in [0.15, 0.2) is 18.3 Å². The van der Waals surface area contributed by atoms with Crippen molar-refractivity contribution in [3.8, 4) is 5.88 Å². The number of pyridine rings is 1. The number of hydrogen-bond donors (Lipinski definition) is 1. The highest BCUT2D eigenvalue weighted by atomic mass is 16.5. The highest BCUT2D eigenvalue weighted by Gasteiger charge is 2.12. The molecular formula is C16H29N3O. The number of aromatic nitrogens is 1. The third kappa shape index (κ3) is 5.88. The molecule has 0 unspecified atom stereocenters. The molecule has 0 bridgehead atoms. The first-order valence-corrected chi connectivity index (χ1v) is 7.58. The van der Waals surface area contributed by atoms with E-state index in [1.807, 2.05) is 12.3 Å². The number of nitrogens with one attached hydrogen (secondary N) is 1. The third-order valence-corrected chi connectivity index (χ3v) is 3.30. The largest absolute Gasteiger partial charge is 0.476 e. The molecule has 1 heterocycles. The van der Waals surface area contributed by atoms with E-state index in [4.69, 9.17) is 4.74 Å². The van der Waals surface area contributed by atoms with E-state index >= 15 is 0 Å². The quantitative estimate of drug-likeness (QED) is 0.754. The van der Waals surface area contributed by atoms with Crippen molar-refractivity contribution in [3.05, 3.63) is 23.9 Å². The molecule has 0 aliphatic carbocycles. The Hall–Kier alpha value is -1.13. The lowest BCUT2D eigenvalue weighted by Gasteiger charge is -2.30. The molecule has 1 aromatic heterocycles. The predicted molar refractivity (Wildman–Crippen MR) is 84.1 cm³/mol. The zero-order valence-corrected chi connectivity index (χ0v) is 13.5. The number of nitrogens with zero attached hydrogens (tertiary/aromatic N) is 2. The summed E-state index contributed by atoms with van der Waals surface area (Å²) < 4.78 is 5.72. The summed E-state index contributed by atoms with van der Waals surface area (Å²) in [5.74, 6) is 0.706. The fourth-order valence-corrected chi connectivity index (χ4v) is 2.24. The van der Waals surface area contributed by atoms with Crippen LogP contribution in [0.4, 0.5) is 0 Å². The number of rotatable bonds is 9. The molecule has 0 aromatic carbocycles. The molecule has 20 heavy (non-hydrogen) atoms. The molecular weight excluding hydrogens is 250 g/mol. The molecule has 4 heteroatoms. The lowest BCUT2D eigenvalue weighted by molar-refractivity contribution is 0.140. The minimum Gasteiger partial charge on any atom is -0.476 e. The molecule has 0 saturated carbocycles. The zero-order chi connectivity index (χ0) is 15.0. The lowest BCUT2D eigenvalue weighted by atomic mass is 10.2. The second-order valence-electron chi connectivity index (χ2n) is 5.56. The normalized spacial score (nSPS) is 11.6. The summed E-state index contributed by atoms with van der Waals surface area (Å²) in [5.41, 5.74) is 1.19. The van der Waals surface area contributed by atoms with Gasteiger partial charge in [-0.1, -0.05) is 13.0 Å². The van der Waals surface area contributed by atoms with Crippen molar-refractivity contribution in [3.63, 3.8) is 0 Å². The molecule has 0 aliphatic rings. The van der Waals surface area contributed by atoms with Gasteiger partial charge in [0.2, 0.25) is 5.88 Å². The highest BCUT2D eigenvalue weighted by molar-refractivity contribution is 5.17. The highest BCUT2D eigenvalue weighted by Crippen LogP contribution is 2.09. The van der Waals surface area contributed by atoms with E-state index in [1.165, 1.54) is 5.56 Å². The summed E-state index contributed by atoms with van der Waals surface area (Å²) in [7, 11) is 0. The van der Waals surface area contributed by atoms with Crippen LogP contribution in [0, 0.1) is 0 Å². The van der Waals surface area contributed by atoms with Crippen LogP contribution in [0.3, 0.4) is 0 Å². The van der Waals surface area contributed by atoms with E-state index in [0.717, 1.165) is 19.6 Å². The van der Waals surface area contributed by atoms with Crippen LogP contribution in [0.25, 0.3) is 0 Å². The molecule has 1 N–H and O–H groups in total. The van der Waals surface area contributed by atoms with Gasteiger partial charge in [-0.3, -0.25) is 4.90 Å². The van der Waals surface area contributed by atoms with Gasteiger partial charge in [-0.05, 0) is 39.8 Å². The fraction of sp³-hybridized carbons (Fsp3) is 0.688. The van der Waals surface area contributed by atoms with Gasteiger partial charge in [0.1, 0.15) is 6.61 Å². The summed E-state index contributed by atoms with van der Waals surface area (Å²) in [6.07, 6.45) is 1.88. The van der Waals surface area contributed by atoms with Gasteiger partial charge >= 0.3 is 0 Å². The number of hydrogen-bond acceptors (Lipinski definition) is 4. The molecule has 0 spiro atoms. The Bertz CT molecular complexity index is 354. The SMILES string of the molecule is CCNCc1ccc(OCCN(C(C)C)C(C)C)nc1. The minimum absolute atomic E-state index is 0.536. The Labute approximate surface area is 123 Å². The Morgan fingerprint density at radius 2 is 1.90 bits per heavy atom. The number of ether oxygens (including phenoxy) is 1. The Morgan fingerprint density at radius 3 is 2.40 bits per heavy atom. The van der Waals surface area contributed by atoms with Gasteiger partial charge in [-0.15, -0.1) is 0 Å². The van der Waals surface area contributed by atoms with Gasteiger partial charge in [0.15, 0.2) is 0 Å². The van der Waals surface area contributed by atoms with Crippen molar-refractivity contribution in [1.29, 1.82) is 0 Å². The summed E-state index contributed by atoms with van der Waals surface area (Å²) in [6, 6.07) is 5.08. The van der Waals surface area contributed by atoms with Gasteiger partial charge in [0, 0.05) is 37.4 Å². The topological polar surface area (TPSA) is 37.4 Å². The average Bonchev–Trinajstić information content (AvgIpc) is 2.41. The third-order valence-electron chi connectivity index (χ3n) is 3.30. The average molecular weight is 279 g/mol. The standard InChI is InChI=1S/C16H29N3O/c1-6-17-11-15-7-8-16(18-12-15)20-10-9-19(13(2)3)14(4)5/h7-8,12-14,17H,6,9-11H2,1-5H3. The first kappa shape index (κ1) is 16.9. The van der Waals surface area contributed by atoms with Crippen molar-refractivity contribution >= 4 is 0 Å². The van der Waals surface area contributed by atoms with Crippen LogP contribution in [0.5, 0.6) is 5.88 Å². The van der Waals surface area contributed by atoms with Crippen LogP contribution in [-0.2, 0) is 6.54 Å². The van der Waals surface area contributed by atoms with Crippen LogP contribution in [-0.4, -0.2) is 41.7 Å². The first-order chi connectivity index (χ1) is 9.54. The minimum atomic E-state index is 0.536. The molecule has 1 rings (SSSR count). The van der Waals surface area contributed by atoms with Crippen LogP contribution in [0.1, 0.15) is 40.2 Å². The Morgan fingerprint density at radius 1 is 1.20 bits per heavy atom. The molecule has 4 nitrogen and oxygen atoms in total. The van der Waals surface area contributed by atoms with E-state index in [1.54, 1.807) is 0 Å². The summed E-state index contributed by atoms with van der Waals surface area (Å²) in [5, 5.41) is 3.28. The van der Waals surface area contributed by atoms with E-state index in [-0.39, 0.29) is 0 Å². The van der Waals surface area contributed by atoms with Crippen molar-refractivity contribution in [1.82, 2.24) is 15.2 Å². The van der Waals surface area contributed by atoms with Gasteiger partial charge < -0.3 is 10.1 Å². The second kappa shape index (κ2) is 8.93. The van der Waals surface area contributed by atoms with E-state index in [9.17, 15) is 0 Å². The van der Waals surface area contributed by atoms with Crippen molar-refractivity contribution in [2.24, 2.45) is 0 Å². The Balaban J connectivity index is 2.38. The molecule has 1 aromatic rings. The van der Waals surface area contributed by atoms with Crippen LogP contribution in [0.2, 0.25) is 0 Å². The van der Waals surface area contributed by atoms with Gasteiger partial charge in [-0.2, -0.15) is 0 Å². The van der Waals surface area contributed by atoms with Crippen molar-refractivity contribution in [2.45, 2.75) is 53.2 Å². The van der Waals surface area contributed by atoms with Crippen LogP contribution < -0.4 is 10.1 Å². The zero-order valence-electron chi connectivity index (χ0n) is 13.5. The van der Waals surface area contributed by atoms with Gasteiger partial charge in [0.25, 0.3) is 0 Å². The molecule has 0 fully saturated rings.